The maximum Gasteiger partial charge on any atom is 0.224 e. The van der Waals surface area contributed by atoms with Crippen LogP contribution in [0.2, 0.25) is 0 Å². The second kappa shape index (κ2) is 7.72. The highest BCUT2D eigenvalue weighted by Gasteiger charge is 2.13. The van der Waals surface area contributed by atoms with Crippen molar-refractivity contribution in [3.8, 4) is 5.69 Å². The number of hydrogen-bond donors (Lipinski definition) is 1. The number of nitrogens with one attached hydrogen (secondary N) is 1. The van der Waals surface area contributed by atoms with Crippen molar-refractivity contribution in [3.63, 3.8) is 0 Å². The van der Waals surface area contributed by atoms with Crippen LogP contribution in [-0.2, 0) is 11.2 Å². The molecule has 2 aromatic heterocycles. The Balaban J connectivity index is 1.32. The Hall–Kier alpha value is -2.99. The molecule has 0 aliphatic carbocycles. The van der Waals surface area contributed by atoms with Crippen LogP contribution in [-0.4, -0.2) is 27.2 Å². The number of para-hydroxylation sites is 1. The number of thiazole rings is 1. The second-order valence-corrected chi connectivity index (χ2v) is 7.58. The Morgan fingerprint density at radius 1 is 1.15 bits per heavy atom. The van der Waals surface area contributed by atoms with Crippen LogP contribution in [0.3, 0.4) is 0 Å². The first-order chi connectivity index (χ1) is 13.2. The highest BCUT2D eigenvalue weighted by Crippen LogP contribution is 2.26. The highest BCUT2D eigenvalue weighted by molar-refractivity contribution is 7.18. The largest absolute Gasteiger partial charge is 0.355 e. The number of benzene rings is 2. The number of hydrogen-bond acceptors (Lipinski definition) is 4. The van der Waals surface area contributed by atoms with Gasteiger partial charge in [-0.15, -0.1) is 11.3 Å². The lowest BCUT2D eigenvalue weighted by molar-refractivity contribution is -0.120. The SMILES string of the molecule is C[C@@H](CNC(=O)Cc1ccc(-n2cccn2)cc1)c1nc2ccccc2s1. The van der Waals surface area contributed by atoms with E-state index in [1.165, 1.54) is 4.70 Å². The van der Waals surface area contributed by atoms with E-state index < -0.39 is 0 Å². The molecular formula is C21H20N4OS. The average Bonchev–Trinajstić information content (AvgIpc) is 3.36. The fraction of sp³-hybridized carbons (Fsp3) is 0.190. The van der Waals surface area contributed by atoms with Gasteiger partial charge in [0.15, 0.2) is 0 Å². The summed E-state index contributed by atoms with van der Waals surface area (Å²) in [4.78, 5) is 17.0. The van der Waals surface area contributed by atoms with Gasteiger partial charge in [0.25, 0.3) is 0 Å². The van der Waals surface area contributed by atoms with Crippen LogP contribution in [0.5, 0.6) is 0 Å². The maximum absolute atomic E-state index is 12.3. The van der Waals surface area contributed by atoms with Crippen LogP contribution < -0.4 is 5.32 Å². The first-order valence-electron chi connectivity index (χ1n) is 8.90. The number of nitrogens with zero attached hydrogens (tertiary/aromatic N) is 3. The van der Waals surface area contributed by atoms with Gasteiger partial charge in [0.05, 0.1) is 27.3 Å². The molecule has 0 fully saturated rings. The van der Waals surface area contributed by atoms with Crippen molar-refractivity contribution >= 4 is 27.5 Å². The van der Waals surface area contributed by atoms with Crippen LogP contribution in [0.15, 0.2) is 67.0 Å². The fourth-order valence-electron chi connectivity index (χ4n) is 2.89. The monoisotopic (exact) mass is 376 g/mol. The minimum atomic E-state index is 0.0230. The molecule has 2 heterocycles. The highest BCUT2D eigenvalue weighted by atomic mass is 32.1. The summed E-state index contributed by atoms with van der Waals surface area (Å²) in [5.41, 5.74) is 2.98. The van der Waals surface area contributed by atoms with Crippen LogP contribution in [0.25, 0.3) is 15.9 Å². The lowest BCUT2D eigenvalue weighted by Crippen LogP contribution is -2.28. The van der Waals surface area contributed by atoms with Crippen LogP contribution in [0.1, 0.15) is 23.4 Å². The molecule has 0 saturated carbocycles. The van der Waals surface area contributed by atoms with E-state index in [0.29, 0.717) is 13.0 Å². The van der Waals surface area contributed by atoms with Gasteiger partial charge in [0.2, 0.25) is 5.91 Å². The van der Waals surface area contributed by atoms with Gasteiger partial charge in [-0.05, 0) is 35.9 Å². The third kappa shape index (κ3) is 4.06. The van der Waals surface area contributed by atoms with E-state index in [0.717, 1.165) is 21.8 Å². The average molecular weight is 376 g/mol. The Bertz CT molecular complexity index is 1000. The molecule has 6 heteroatoms. The number of rotatable bonds is 6. The summed E-state index contributed by atoms with van der Waals surface area (Å²) in [7, 11) is 0. The zero-order chi connectivity index (χ0) is 18.6. The molecule has 4 rings (SSSR count). The first kappa shape index (κ1) is 17.4. The van der Waals surface area contributed by atoms with E-state index >= 15 is 0 Å². The molecule has 136 valence electrons. The Kier molecular flexibility index (Phi) is 4.98. The third-order valence-electron chi connectivity index (χ3n) is 4.41. The second-order valence-electron chi connectivity index (χ2n) is 6.52. The van der Waals surface area contributed by atoms with Gasteiger partial charge in [-0.25, -0.2) is 9.67 Å². The number of aromatic nitrogens is 3. The number of amides is 1. The van der Waals surface area contributed by atoms with Gasteiger partial charge in [-0.3, -0.25) is 4.79 Å². The van der Waals surface area contributed by atoms with Crippen LogP contribution in [0, 0.1) is 0 Å². The quantitative estimate of drug-likeness (QED) is 0.554. The minimum absolute atomic E-state index is 0.0230. The third-order valence-corrected chi connectivity index (χ3v) is 5.68. The predicted octanol–water partition coefficient (Wildman–Crippen LogP) is 3.94. The molecule has 27 heavy (non-hydrogen) atoms. The van der Waals surface area contributed by atoms with Crippen LogP contribution in [0.4, 0.5) is 0 Å². The molecular weight excluding hydrogens is 356 g/mol. The summed E-state index contributed by atoms with van der Waals surface area (Å²) in [6, 6.07) is 17.9. The zero-order valence-electron chi connectivity index (χ0n) is 15.0. The normalized spacial score (nSPS) is 12.2. The summed E-state index contributed by atoms with van der Waals surface area (Å²) >= 11 is 1.69. The minimum Gasteiger partial charge on any atom is -0.355 e. The smallest absolute Gasteiger partial charge is 0.224 e. The standard InChI is InChI=1S/C21H20N4OS/c1-15(21-24-18-5-2-3-6-19(18)27-21)14-22-20(26)13-16-7-9-17(10-8-16)25-12-4-11-23-25/h2-12,15H,13-14H2,1H3,(H,22,26)/t15-/m0/s1. The molecule has 0 unspecified atom stereocenters. The van der Waals surface area contributed by atoms with Crippen molar-refractivity contribution in [2.75, 3.05) is 6.54 Å². The molecule has 0 spiro atoms. The maximum atomic E-state index is 12.3. The van der Waals surface area contributed by atoms with E-state index in [9.17, 15) is 4.79 Å². The molecule has 0 saturated heterocycles. The topological polar surface area (TPSA) is 59.8 Å². The van der Waals surface area contributed by atoms with Gasteiger partial charge in [-0.1, -0.05) is 31.2 Å². The number of carbonyl (C=O) groups excluding carboxylic acids is 1. The van der Waals surface area contributed by atoms with Gasteiger partial charge < -0.3 is 5.32 Å². The molecule has 5 nitrogen and oxygen atoms in total. The van der Waals surface area contributed by atoms with Crippen molar-refractivity contribution in [1.82, 2.24) is 20.1 Å². The summed E-state index contributed by atoms with van der Waals surface area (Å²) in [5, 5.41) is 8.28. The molecule has 2 aromatic carbocycles. The van der Waals surface area contributed by atoms with E-state index in [1.807, 2.05) is 54.7 Å². The van der Waals surface area contributed by atoms with E-state index in [4.69, 9.17) is 0 Å². The van der Waals surface area contributed by atoms with Gasteiger partial charge >= 0.3 is 0 Å². The lowest BCUT2D eigenvalue weighted by Gasteiger charge is -2.10. The van der Waals surface area contributed by atoms with E-state index in [2.05, 4.69) is 28.4 Å². The van der Waals surface area contributed by atoms with Crippen LogP contribution >= 0.6 is 11.3 Å². The summed E-state index contributed by atoms with van der Waals surface area (Å²) in [5.74, 6) is 0.211. The summed E-state index contributed by atoms with van der Waals surface area (Å²) < 4.78 is 2.98. The zero-order valence-corrected chi connectivity index (χ0v) is 15.8. The van der Waals surface area contributed by atoms with Gasteiger partial charge in [-0.2, -0.15) is 5.10 Å². The molecule has 0 aliphatic heterocycles. The molecule has 4 aromatic rings. The summed E-state index contributed by atoms with van der Waals surface area (Å²) in [6.07, 6.45) is 4.01. The molecule has 1 amide bonds. The Morgan fingerprint density at radius 3 is 2.70 bits per heavy atom. The van der Waals surface area contributed by atoms with Crippen molar-refractivity contribution in [1.29, 1.82) is 0 Å². The van der Waals surface area contributed by atoms with E-state index in [1.54, 1.807) is 22.2 Å². The lowest BCUT2D eigenvalue weighted by atomic mass is 10.1. The number of carbonyl (C=O) groups is 1. The van der Waals surface area contributed by atoms with Crippen molar-refractivity contribution < 1.29 is 4.79 Å². The summed E-state index contributed by atoms with van der Waals surface area (Å²) in [6.45, 7) is 2.68. The van der Waals surface area contributed by atoms with Gasteiger partial charge in [0, 0.05) is 24.9 Å². The predicted molar refractivity (Wildman–Crippen MR) is 108 cm³/mol. The molecule has 1 atom stereocenters. The fourth-order valence-corrected chi connectivity index (χ4v) is 3.91. The van der Waals surface area contributed by atoms with E-state index in [-0.39, 0.29) is 11.8 Å². The van der Waals surface area contributed by atoms with Crippen molar-refractivity contribution in [2.45, 2.75) is 19.3 Å². The van der Waals surface area contributed by atoms with Crippen molar-refractivity contribution in [3.05, 3.63) is 77.6 Å². The molecule has 0 radical (unpaired) electrons. The Morgan fingerprint density at radius 2 is 1.96 bits per heavy atom. The Labute approximate surface area is 161 Å². The number of fused-ring (bicyclic) bond motifs is 1. The molecule has 0 aliphatic rings. The first-order valence-corrected chi connectivity index (χ1v) is 9.72. The van der Waals surface area contributed by atoms with Crippen molar-refractivity contribution in [2.24, 2.45) is 0 Å². The molecule has 0 bridgehead atoms. The van der Waals surface area contributed by atoms with Gasteiger partial charge in [0.1, 0.15) is 0 Å². The molecule has 1 N–H and O–H groups in total.